The molecular weight excluding hydrogens is 364 g/mol. The van der Waals surface area contributed by atoms with Crippen molar-refractivity contribution in [1.29, 1.82) is 5.26 Å². The van der Waals surface area contributed by atoms with Crippen LogP contribution in [0.4, 0.5) is 0 Å². The normalized spacial score (nSPS) is 15.1. The molecule has 2 aromatic rings. The third kappa shape index (κ3) is 4.54. The zero-order valence-corrected chi connectivity index (χ0v) is 15.6. The Morgan fingerprint density at radius 1 is 1.07 bits per heavy atom. The lowest BCUT2D eigenvalue weighted by molar-refractivity contribution is 0.0472. The Morgan fingerprint density at radius 3 is 2.44 bits per heavy atom. The molecule has 1 saturated heterocycles. The van der Waals surface area contributed by atoms with Crippen LogP contribution in [0, 0.1) is 11.3 Å². The summed E-state index contributed by atoms with van der Waals surface area (Å²) >= 11 is 0. The number of esters is 1. The number of sulfonamides is 1. The number of hydrogen-bond donors (Lipinski definition) is 0. The monoisotopic (exact) mass is 384 g/mol. The van der Waals surface area contributed by atoms with Crippen molar-refractivity contribution in [3.05, 3.63) is 65.2 Å². The van der Waals surface area contributed by atoms with Gasteiger partial charge in [-0.15, -0.1) is 0 Å². The highest BCUT2D eigenvalue weighted by atomic mass is 32.2. The number of rotatable bonds is 5. The summed E-state index contributed by atoms with van der Waals surface area (Å²) in [7, 11) is -3.52. The van der Waals surface area contributed by atoms with Crippen molar-refractivity contribution in [2.45, 2.75) is 30.8 Å². The summed E-state index contributed by atoms with van der Waals surface area (Å²) in [4.78, 5) is 12.4. The second-order valence-corrected chi connectivity index (χ2v) is 8.32. The number of benzene rings is 2. The SMILES string of the molecule is N#Cc1cccc(COC(=O)c2ccc(S(=O)(=O)N3CCCCC3)cc2)c1. The molecule has 0 N–H and O–H groups in total. The topological polar surface area (TPSA) is 87.5 Å². The first kappa shape index (κ1) is 19.1. The predicted octanol–water partition coefficient (Wildman–Crippen LogP) is 3.09. The summed E-state index contributed by atoms with van der Waals surface area (Å²) in [6, 6.07) is 14.7. The second kappa shape index (κ2) is 8.33. The molecule has 3 rings (SSSR count). The van der Waals surface area contributed by atoms with Gasteiger partial charge in [0.25, 0.3) is 0 Å². The van der Waals surface area contributed by atoms with Gasteiger partial charge in [0.2, 0.25) is 10.0 Å². The molecule has 0 saturated carbocycles. The molecule has 0 radical (unpaired) electrons. The van der Waals surface area contributed by atoms with E-state index in [1.807, 2.05) is 6.07 Å². The third-order valence-corrected chi connectivity index (χ3v) is 6.38. The minimum Gasteiger partial charge on any atom is -0.457 e. The smallest absolute Gasteiger partial charge is 0.338 e. The van der Waals surface area contributed by atoms with Crippen LogP contribution in [-0.4, -0.2) is 31.8 Å². The van der Waals surface area contributed by atoms with Crippen LogP contribution in [0.5, 0.6) is 0 Å². The maximum atomic E-state index is 12.6. The van der Waals surface area contributed by atoms with Gasteiger partial charge >= 0.3 is 5.97 Å². The Bertz CT molecular complexity index is 956. The van der Waals surface area contributed by atoms with Gasteiger partial charge in [-0.05, 0) is 54.8 Å². The molecule has 7 heteroatoms. The van der Waals surface area contributed by atoms with Gasteiger partial charge in [-0.3, -0.25) is 0 Å². The number of carbonyl (C=O) groups is 1. The minimum atomic E-state index is -3.52. The molecule has 0 spiro atoms. The molecule has 1 fully saturated rings. The molecule has 2 aromatic carbocycles. The van der Waals surface area contributed by atoms with Gasteiger partial charge in [0.05, 0.1) is 22.1 Å². The van der Waals surface area contributed by atoms with Crippen molar-refractivity contribution < 1.29 is 17.9 Å². The highest BCUT2D eigenvalue weighted by Gasteiger charge is 2.26. The lowest BCUT2D eigenvalue weighted by Gasteiger charge is -2.25. The zero-order valence-electron chi connectivity index (χ0n) is 14.8. The molecule has 6 nitrogen and oxygen atoms in total. The predicted molar refractivity (Wildman–Crippen MR) is 99.3 cm³/mol. The highest BCUT2D eigenvalue weighted by Crippen LogP contribution is 2.21. The first-order valence-corrected chi connectivity index (χ1v) is 10.2. The van der Waals surface area contributed by atoms with Crippen molar-refractivity contribution >= 4 is 16.0 Å². The van der Waals surface area contributed by atoms with Crippen molar-refractivity contribution in [3.8, 4) is 6.07 Å². The lowest BCUT2D eigenvalue weighted by atomic mass is 10.1. The maximum absolute atomic E-state index is 12.6. The van der Waals surface area contributed by atoms with Gasteiger partial charge in [0.1, 0.15) is 6.61 Å². The molecule has 0 unspecified atom stereocenters. The summed E-state index contributed by atoms with van der Waals surface area (Å²) in [5.74, 6) is -0.542. The van der Waals surface area contributed by atoms with Crippen LogP contribution < -0.4 is 0 Å². The fourth-order valence-electron chi connectivity index (χ4n) is 2.98. The largest absolute Gasteiger partial charge is 0.457 e. The van der Waals surface area contributed by atoms with Crippen LogP contribution in [0.15, 0.2) is 53.4 Å². The Kier molecular flexibility index (Phi) is 5.89. The van der Waals surface area contributed by atoms with E-state index in [1.54, 1.807) is 24.3 Å². The number of piperidine rings is 1. The van der Waals surface area contributed by atoms with E-state index in [9.17, 15) is 13.2 Å². The zero-order chi connectivity index (χ0) is 19.3. The fourth-order valence-corrected chi connectivity index (χ4v) is 4.50. The molecule has 1 aliphatic heterocycles. The average molecular weight is 384 g/mol. The van der Waals surface area contributed by atoms with E-state index in [0.29, 0.717) is 24.2 Å². The van der Waals surface area contributed by atoms with Crippen LogP contribution in [-0.2, 0) is 21.4 Å². The average Bonchev–Trinajstić information content (AvgIpc) is 2.73. The van der Waals surface area contributed by atoms with E-state index in [2.05, 4.69) is 0 Å². The van der Waals surface area contributed by atoms with E-state index >= 15 is 0 Å². The minimum absolute atomic E-state index is 0.0438. The van der Waals surface area contributed by atoms with Gasteiger partial charge in [0.15, 0.2) is 0 Å². The summed E-state index contributed by atoms with van der Waals surface area (Å²) < 4.78 is 32.0. The molecule has 0 aliphatic carbocycles. The number of nitriles is 1. The summed E-state index contributed by atoms with van der Waals surface area (Å²) in [6.45, 7) is 1.12. The van der Waals surface area contributed by atoms with Crippen molar-refractivity contribution in [3.63, 3.8) is 0 Å². The Morgan fingerprint density at radius 2 is 1.78 bits per heavy atom. The van der Waals surface area contributed by atoms with Crippen LogP contribution in [0.3, 0.4) is 0 Å². The van der Waals surface area contributed by atoms with Crippen LogP contribution in [0.1, 0.15) is 40.7 Å². The van der Waals surface area contributed by atoms with Crippen LogP contribution in [0.25, 0.3) is 0 Å². The lowest BCUT2D eigenvalue weighted by Crippen LogP contribution is -2.35. The maximum Gasteiger partial charge on any atom is 0.338 e. The first-order chi connectivity index (χ1) is 13.0. The number of hydrogen-bond acceptors (Lipinski definition) is 5. The number of carbonyl (C=O) groups excluding carboxylic acids is 1. The molecule has 0 bridgehead atoms. The number of nitrogens with zero attached hydrogens (tertiary/aromatic N) is 2. The first-order valence-electron chi connectivity index (χ1n) is 8.77. The quantitative estimate of drug-likeness (QED) is 0.739. The van der Waals surface area contributed by atoms with E-state index in [-0.39, 0.29) is 17.1 Å². The number of ether oxygens (including phenoxy) is 1. The van der Waals surface area contributed by atoms with Crippen LogP contribution in [0.2, 0.25) is 0 Å². The van der Waals surface area contributed by atoms with E-state index in [0.717, 1.165) is 19.3 Å². The van der Waals surface area contributed by atoms with Gasteiger partial charge in [-0.1, -0.05) is 18.6 Å². The van der Waals surface area contributed by atoms with Gasteiger partial charge in [-0.2, -0.15) is 9.57 Å². The van der Waals surface area contributed by atoms with E-state index in [1.165, 1.54) is 28.6 Å². The van der Waals surface area contributed by atoms with Crippen molar-refractivity contribution in [2.24, 2.45) is 0 Å². The van der Waals surface area contributed by atoms with Crippen molar-refractivity contribution in [1.82, 2.24) is 4.31 Å². The molecule has 27 heavy (non-hydrogen) atoms. The van der Waals surface area contributed by atoms with Gasteiger partial charge in [0, 0.05) is 13.1 Å². The molecular formula is C20H20N2O4S. The van der Waals surface area contributed by atoms with Crippen molar-refractivity contribution in [2.75, 3.05) is 13.1 Å². The summed E-state index contributed by atoms with van der Waals surface area (Å²) in [5.41, 5.74) is 1.49. The highest BCUT2D eigenvalue weighted by molar-refractivity contribution is 7.89. The third-order valence-electron chi connectivity index (χ3n) is 4.47. The van der Waals surface area contributed by atoms with E-state index < -0.39 is 16.0 Å². The van der Waals surface area contributed by atoms with E-state index in [4.69, 9.17) is 10.00 Å². The summed E-state index contributed by atoms with van der Waals surface area (Å²) in [5, 5.41) is 8.89. The molecule has 0 aromatic heterocycles. The second-order valence-electron chi connectivity index (χ2n) is 6.38. The van der Waals surface area contributed by atoms with Gasteiger partial charge < -0.3 is 4.74 Å². The molecule has 1 aliphatic rings. The molecule has 0 amide bonds. The Balaban J connectivity index is 1.65. The summed E-state index contributed by atoms with van der Waals surface area (Å²) in [6.07, 6.45) is 2.79. The fraction of sp³-hybridized carbons (Fsp3) is 0.300. The Labute approximate surface area is 159 Å². The van der Waals surface area contributed by atoms with Crippen LogP contribution >= 0.6 is 0 Å². The standard InChI is InChI=1S/C20H20N2O4S/c21-14-16-5-4-6-17(13-16)15-26-20(23)18-7-9-19(10-8-18)27(24,25)22-11-2-1-3-12-22/h4-10,13H,1-3,11-12,15H2. The molecule has 1 heterocycles. The molecule has 140 valence electrons. The Hall–Kier alpha value is -2.69. The molecule has 0 atom stereocenters. The van der Waals surface area contributed by atoms with Gasteiger partial charge in [-0.25, -0.2) is 13.2 Å².